The first-order valence-corrected chi connectivity index (χ1v) is 9.10. The van der Waals surface area contributed by atoms with Gasteiger partial charge in [-0.3, -0.25) is 14.2 Å². The molecule has 124 valence electrons. The van der Waals surface area contributed by atoms with Crippen molar-refractivity contribution in [2.75, 3.05) is 4.72 Å². The minimum atomic E-state index is -3.74. The van der Waals surface area contributed by atoms with Gasteiger partial charge in [-0.25, -0.2) is 8.42 Å². The molecule has 3 aromatic rings. The molecule has 7 nitrogen and oxygen atoms in total. The summed E-state index contributed by atoms with van der Waals surface area (Å²) in [5.41, 5.74) is 1.41. The monoisotopic (exact) mass is 344 g/mol. The third-order valence-electron chi connectivity index (χ3n) is 4.16. The van der Waals surface area contributed by atoms with E-state index in [0.29, 0.717) is 22.6 Å². The zero-order valence-corrected chi connectivity index (χ0v) is 13.8. The Balaban J connectivity index is 1.68. The molecule has 0 saturated heterocycles. The van der Waals surface area contributed by atoms with Crippen molar-refractivity contribution in [1.82, 2.24) is 14.8 Å². The molecule has 1 aliphatic carbocycles. The highest BCUT2D eigenvalue weighted by molar-refractivity contribution is 7.92. The molecule has 0 radical (unpaired) electrons. The second-order valence-electron chi connectivity index (χ2n) is 6.03. The molecule has 0 atom stereocenters. The van der Waals surface area contributed by atoms with E-state index in [4.69, 9.17) is 0 Å². The molecule has 1 saturated carbocycles. The second-order valence-corrected chi connectivity index (χ2v) is 7.71. The third-order valence-corrected chi connectivity index (χ3v) is 5.51. The van der Waals surface area contributed by atoms with Gasteiger partial charge in [0.25, 0.3) is 10.0 Å². The van der Waals surface area contributed by atoms with Crippen LogP contribution in [0.25, 0.3) is 10.9 Å². The molecule has 0 unspecified atom stereocenters. The number of sulfonamides is 1. The highest BCUT2D eigenvalue weighted by atomic mass is 32.2. The summed E-state index contributed by atoms with van der Waals surface area (Å²) in [6, 6.07) is 9.32. The average molecular weight is 344 g/mol. The summed E-state index contributed by atoms with van der Waals surface area (Å²) in [5, 5.41) is 4.89. The molecule has 2 heterocycles. The molecule has 1 fully saturated rings. The van der Waals surface area contributed by atoms with Crippen LogP contribution in [0, 0.1) is 0 Å². The zero-order chi connectivity index (χ0) is 16.9. The van der Waals surface area contributed by atoms with Gasteiger partial charge in [-0.05, 0) is 42.5 Å². The highest BCUT2D eigenvalue weighted by Gasteiger charge is 2.28. The summed E-state index contributed by atoms with van der Waals surface area (Å²) in [6.07, 6.45) is 2.24. The van der Waals surface area contributed by atoms with Crippen molar-refractivity contribution in [2.45, 2.75) is 23.7 Å². The van der Waals surface area contributed by atoms with Crippen molar-refractivity contribution in [2.24, 2.45) is 7.05 Å². The third kappa shape index (κ3) is 2.69. The Labute approximate surface area is 138 Å². The number of anilines is 1. The number of hydrogen-bond donors (Lipinski definition) is 2. The van der Waals surface area contributed by atoms with Crippen LogP contribution < -0.4 is 10.3 Å². The van der Waals surface area contributed by atoms with Crippen molar-refractivity contribution < 1.29 is 8.42 Å². The molecule has 4 rings (SSSR count). The number of H-pyrrole nitrogens is 1. The SMILES string of the molecule is Cn1nc(NS(=O)(=O)c2ccc3[nH]c(=O)ccc3c2)cc1C1CC1. The fourth-order valence-electron chi connectivity index (χ4n) is 2.79. The first-order chi connectivity index (χ1) is 11.4. The Kier molecular flexibility index (Phi) is 3.24. The number of nitrogens with one attached hydrogen (secondary N) is 2. The number of benzene rings is 1. The summed E-state index contributed by atoms with van der Waals surface area (Å²) in [4.78, 5) is 14.1. The molecular weight excluding hydrogens is 328 g/mol. The number of aromatic amines is 1. The van der Waals surface area contributed by atoms with E-state index in [9.17, 15) is 13.2 Å². The molecule has 8 heteroatoms. The Morgan fingerprint density at radius 2 is 2.00 bits per heavy atom. The number of rotatable bonds is 4. The lowest BCUT2D eigenvalue weighted by Gasteiger charge is -2.06. The normalized spacial score (nSPS) is 14.9. The Bertz CT molecular complexity index is 1090. The smallest absolute Gasteiger partial charge is 0.263 e. The molecule has 2 N–H and O–H groups in total. The largest absolute Gasteiger partial charge is 0.322 e. The molecule has 0 bridgehead atoms. The van der Waals surface area contributed by atoms with Crippen molar-refractivity contribution in [3.63, 3.8) is 0 Å². The predicted octanol–water partition coefficient (Wildman–Crippen LogP) is 1.94. The average Bonchev–Trinajstić information content (AvgIpc) is 3.30. The maximum absolute atomic E-state index is 12.6. The van der Waals surface area contributed by atoms with Gasteiger partial charge in [0.15, 0.2) is 5.82 Å². The standard InChI is InChI=1S/C16H16N4O3S/c1-20-14(10-2-3-10)9-15(18-20)19-24(22,23)12-5-6-13-11(8-12)4-7-16(21)17-13/h4-10H,2-3H2,1H3,(H,17,21)(H,18,19). The first-order valence-electron chi connectivity index (χ1n) is 7.62. The number of aryl methyl sites for hydroxylation is 1. The molecule has 1 aliphatic rings. The number of aromatic nitrogens is 3. The van der Waals surface area contributed by atoms with Crippen LogP contribution in [-0.4, -0.2) is 23.2 Å². The maximum Gasteiger partial charge on any atom is 0.263 e. The Hall–Kier alpha value is -2.61. The van der Waals surface area contributed by atoms with Crippen LogP contribution in [0.15, 0.2) is 46.1 Å². The van der Waals surface area contributed by atoms with Gasteiger partial charge in [-0.2, -0.15) is 5.10 Å². The van der Waals surface area contributed by atoms with Crippen molar-refractivity contribution in [1.29, 1.82) is 0 Å². The van der Waals surface area contributed by atoms with Crippen molar-refractivity contribution in [3.8, 4) is 0 Å². The lowest BCUT2D eigenvalue weighted by molar-refractivity contribution is 0.601. The van der Waals surface area contributed by atoms with E-state index in [1.807, 2.05) is 7.05 Å². The molecule has 0 spiro atoms. The molecule has 0 amide bonds. The van der Waals surface area contributed by atoms with E-state index in [2.05, 4.69) is 14.8 Å². The minimum absolute atomic E-state index is 0.126. The molecule has 1 aromatic carbocycles. The second kappa shape index (κ2) is 5.20. The quantitative estimate of drug-likeness (QED) is 0.756. The van der Waals surface area contributed by atoms with Crippen LogP contribution in [-0.2, 0) is 17.1 Å². The maximum atomic E-state index is 12.6. The van der Waals surface area contributed by atoms with E-state index in [1.165, 1.54) is 18.2 Å². The van der Waals surface area contributed by atoms with Gasteiger partial charge in [0.05, 0.1) is 4.90 Å². The van der Waals surface area contributed by atoms with Gasteiger partial charge in [0, 0.05) is 36.3 Å². The number of pyridine rings is 1. The number of hydrogen-bond acceptors (Lipinski definition) is 4. The van der Waals surface area contributed by atoms with Crippen LogP contribution in [0.4, 0.5) is 5.82 Å². The molecule has 0 aliphatic heterocycles. The Morgan fingerprint density at radius 3 is 2.75 bits per heavy atom. The van der Waals surface area contributed by atoms with E-state index >= 15 is 0 Å². The molecule has 2 aromatic heterocycles. The van der Waals surface area contributed by atoms with Gasteiger partial charge in [-0.1, -0.05) is 0 Å². The predicted molar refractivity (Wildman–Crippen MR) is 90.6 cm³/mol. The number of nitrogens with zero attached hydrogens (tertiary/aromatic N) is 2. The van der Waals surface area contributed by atoms with E-state index in [1.54, 1.807) is 22.9 Å². The summed E-state index contributed by atoms with van der Waals surface area (Å²) in [6.45, 7) is 0. The zero-order valence-electron chi connectivity index (χ0n) is 13.0. The van der Waals surface area contributed by atoms with Gasteiger partial charge in [-0.15, -0.1) is 0 Å². The summed E-state index contributed by atoms with van der Waals surface area (Å²) < 4.78 is 29.4. The van der Waals surface area contributed by atoms with Crippen LogP contribution >= 0.6 is 0 Å². The lowest BCUT2D eigenvalue weighted by atomic mass is 10.2. The number of fused-ring (bicyclic) bond motifs is 1. The fourth-order valence-corrected chi connectivity index (χ4v) is 3.81. The molecular formula is C16H16N4O3S. The fraction of sp³-hybridized carbons (Fsp3) is 0.250. The van der Waals surface area contributed by atoms with Crippen LogP contribution in [0.5, 0.6) is 0 Å². The minimum Gasteiger partial charge on any atom is -0.322 e. The molecule has 24 heavy (non-hydrogen) atoms. The van der Waals surface area contributed by atoms with Gasteiger partial charge in [0.2, 0.25) is 5.56 Å². The van der Waals surface area contributed by atoms with Crippen LogP contribution in [0.1, 0.15) is 24.5 Å². The van der Waals surface area contributed by atoms with E-state index < -0.39 is 10.0 Å². The Morgan fingerprint density at radius 1 is 1.21 bits per heavy atom. The van der Waals surface area contributed by atoms with Crippen molar-refractivity contribution in [3.05, 3.63) is 52.4 Å². The van der Waals surface area contributed by atoms with Crippen LogP contribution in [0.3, 0.4) is 0 Å². The highest BCUT2D eigenvalue weighted by Crippen LogP contribution is 2.40. The van der Waals surface area contributed by atoms with Crippen LogP contribution in [0.2, 0.25) is 0 Å². The van der Waals surface area contributed by atoms with Gasteiger partial charge in [0.1, 0.15) is 0 Å². The summed E-state index contributed by atoms with van der Waals surface area (Å²) in [5.74, 6) is 0.805. The first kappa shape index (κ1) is 14.9. The summed E-state index contributed by atoms with van der Waals surface area (Å²) >= 11 is 0. The summed E-state index contributed by atoms with van der Waals surface area (Å²) in [7, 11) is -1.92. The van der Waals surface area contributed by atoms with Crippen molar-refractivity contribution >= 4 is 26.7 Å². The lowest BCUT2D eigenvalue weighted by Crippen LogP contribution is -2.13. The van der Waals surface area contributed by atoms with Gasteiger partial charge < -0.3 is 4.98 Å². The van der Waals surface area contributed by atoms with E-state index in [-0.39, 0.29) is 10.5 Å². The topological polar surface area (TPSA) is 96.8 Å². The van der Waals surface area contributed by atoms with Gasteiger partial charge >= 0.3 is 0 Å². The van der Waals surface area contributed by atoms with E-state index in [0.717, 1.165) is 18.5 Å².